The summed E-state index contributed by atoms with van der Waals surface area (Å²) in [4.78, 5) is 29.8. The van der Waals surface area contributed by atoms with Crippen LogP contribution in [0.1, 0.15) is 16.7 Å². The van der Waals surface area contributed by atoms with Crippen molar-refractivity contribution in [3.8, 4) is 5.75 Å². The van der Waals surface area contributed by atoms with E-state index in [1.54, 1.807) is 35.1 Å². The Kier molecular flexibility index (Phi) is 5.91. The highest BCUT2D eigenvalue weighted by atomic mass is 35.5. The van der Waals surface area contributed by atoms with E-state index in [1.807, 2.05) is 49.4 Å². The number of halogens is 1. The Morgan fingerprint density at radius 2 is 1.97 bits per heavy atom. The summed E-state index contributed by atoms with van der Waals surface area (Å²) in [6.07, 6.45) is 0. The van der Waals surface area contributed by atoms with Crippen LogP contribution in [0.5, 0.6) is 5.75 Å². The third kappa shape index (κ3) is 3.79. The van der Waals surface area contributed by atoms with Gasteiger partial charge in [-0.15, -0.1) is 11.8 Å². The third-order valence-electron chi connectivity index (χ3n) is 6.14. The number of hydrogen-bond donors (Lipinski definition) is 1. The second-order valence-electron chi connectivity index (χ2n) is 8.35. The van der Waals surface area contributed by atoms with Crippen LogP contribution in [0.25, 0.3) is 0 Å². The molecule has 0 aromatic heterocycles. The maximum Gasteiger partial charge on any atom is 0.323 e. The average Bonchev–Trinajstić information content (AvgIpc) is 3.36. The fourth-order valence-corrected chi connectivity index (χ4v) is 6.25. The van der Waals surface area contributed by atoms with Crippen molar-refractivity contribution in [2.24, 2.45) is 0 Å². The van der Waals surface area contributed by atoms with Crippen molar-refractivity contribution in [2.45, 2.75) is 18.3 Å². The Bertz CT molecular complexity index is 1280. The average molecular weight is 494 g/mol. The molecule has 2 aliphatic heterocycles. The number of rotatable bonds is 4. The van der Waals surface area contributed by atoms with Gasteiger partial charge in [0.05, 0.1) is 19.3 Å². The quantitative estimate of drug-likeness (QED) is 0.511. The largest absolute Gasteiger partial charge is 0.497 e. The molecule has 174 valence electrons. The number of hydrogen-bond acceptors (Lipinski definition) is 4. The van der Waals surface area contributed by atoms with Crippen molar-refractivity contribution in [1.82, 2.24) is 4.90 Å². The van der Waals surface area contributed by atoms with Gasteiger partial charge in [-0.2, -0.15) is 0 Å². The molecular formula is C26H24ClN3O3S. The number of fused-ring (bicyclic) bond motifs is 2. The minimum Gasteiger partial charge on any atom is -0.497 e. The van der Waals surface area contributed by atoms with Gasteiger partial charge in [-0.25, -0.2) is 4.79 Å². The molecule has 3 aromatic carbocycles. The number of nitrogens with zero attached hydrogens (tertiary/aromatic N) is 2. The molecule has 1 atom stereocenters. The summed E-state index contributed by atoms with van der Waals surface area (Å²) >= 11 is 7.85. The van der Waals surface area contributed by atoms with E-state index in [1.165, 1.54) is 11.8 Å². The van der Waals surface area contributed by atoms with E-state index in [2.05, 4.69) is 11.4 Å². The number of aryl methyl sites for hydroxylation is 1. The van der Waals surface area contributed by atoms with Crippen LogP contribution in [-0.2, 0) is 16.2 Å². The molecule has 34 heavy (non-hydrogen) atoms. The summed E-state index contributed by atoms with van der Waals surface area (Å²) in [6, 6.07) is 20.4. The van der Waals surface area contributed by atoms with E-state index < -0.39 is 4.87 Å². The van der Waals surface area contributed by atoms with Gasteiger partial charge < -0.3 is 15.0 Å². The highest BCUT2D eigenvalue weighted by Gasteiger charge is 2.59. The van der Waals surface area contributed by atoms with E-state index in [4.69, 9.17) is 16.3 Å². The number of carbonyl (C=O) groups excluding carboxylic acids is 2. The summed E-state index contributed by atoms with van der Waals surface area (Å²) in [5, 5.41) is 3.47. The molecule has 1 fully saturated rings. The van der Waals surface area contributed by atoms with Gasteiger partial charge in [-0.05, 0) is 42.8 Å². The zero-order valence-corrected chi connectivity index (χ0v) is 20.4. The lowest BCUT2D eigenvalue weighted by atomic mass is 10.1. The molecule has 0 aliphatic carbocycles. The van der Waals surface area contributed by atoms with Crippen molar-refractivity contribution in [1.29, 1.82) is 0 Å². The second kappa shape index (κ2) is 8.89. The van der Waals surface area contributed by atoms with Gasteiger partial charge in [0, 0.05) is 34.6 Å². The Morgan fingerprint density at radius 3 is 2.76 bits per heavy atom. The zero-order chi connectivity index (χ0) is 23.9. The summed E-state index contributed by atoms with van der Waals surface area (Å²) in [7, 11) is 1.58. The van der Waals surface area contributed by atoms with Crippen LogP contribution in [0.15, 0.2) is 66.7 Å². The monoisotopic (exact) mass is 493 g/mol. The minimum atomic E-state index is -1.16. The maximum atomic E-state index is 14.1. The Morgan fingerprint density at radius 1 is 1.15 bits per heavy atom. The lowest BCUT2D eigenvalue weighted by molar-refractivity contribution is -0.123. The standard InChI is InChI=1S/C26H24ClN3O3S/c1-17-5-3-6-18(13-17)16-29-23-10-9-19(27)14-22(23)26(24(29)31)30(11-12-34-26)25(32)28-20-7-4-8-21(15-20)33-2/h3-10,13-15H,11-12,16H2,1-2H3,(H,28,32)/t26-/m1/s1. The van der Waals surface area contributed by atoms with E-state index in [-0.39, 0.29) is 11.9 Å². The van der Waals surface area contributed by atoms with Crippen molar-refractivity contribution in [3.63, 3.8) is 0 Å². The van der Waals surface area contributed by atoms with Gasteiger partial charge in [0.25, 0.3) is 5.91 Å². The van der Waals surface area contributed by atoms with Crippen molar-refractivity contribution >= 4 is 46.7 Å². The van der Waals surface area contributed by atoms with Gasteiger partial charge in [0.1, 0.15) is 5.75 Å². The molecule has 3 aromatic rings. The highest BCUT2D eigenvalue weighted by molar-refractivity contribution is 8.01. The lowest BCUT2D eigenvalue weighted by Crippen LogP contribution is -2.51. The molecule has 3 amide bonds. The van der Waals surface area contributed by atoms with Crippen LogP contribution in [0.2, 0.25) is 5.02 Å². The van der Waals surface area contributed by atoms with E-state index >= 15 is 0 Å². The van der Waals surface area contributed by atoms with Gasteiger partial charge in [-0.3, -0.25) is 9.69 Å². The van der Waals surface area contributed by atoms with Gasteiger partial charge >= 0.3 is 6.03 Å². The number of benzene rings is 3. The molecule has 5 rings (SSSR count). The fraction of sp³-hybridized carbons (Fsp3) is 0.231. The molecule has 0 unspecified atom stereocenters. The van der Waals surface area contributed by atoms with Gasteiger partial charge in [0.2, 0.25) is 0 Å². The number of methoxy groups -OCH3 is 1. The van der Waals surface area contributed by atoms with E-state index in [0.29, 0.717) is 35.3 Å². The first-order valence-corrected chi connectivity index (χ1v) is 12.3. The smallest absolute Gasteiger partial charge is 0.323 e. The number of nitrogens with one attached hydrogen (secondary N) is 1. The number of urea groups is 1. The first-order chi connectivity index (χ1) is 16.4. The molecule has 6 nitrogen and oxygen atoms in total. The predicted molar refractivity (Wildman–Crippen MR) is 137 cm³/mol. The maximum absolute atomic E-state index is 14.1. The number of amides is 3. The number of anilines is 2. The van der Waals surface area contributed by atoms with Crippen LogP contribution < -0.4 is 15.0 Å². The number of carbonyl (C=O) groups is 2. The van der Waals surface area contributed by atoms with Crippen LogP contribution in [0.4, 0.5) is 16.2 Å². The normalized spacial score (nSPS) is 19.0. The van der Waals surface area contributed by atoms with Crippen molar-refractivity contribution in [3.05, 3.63) is 88.4 Å². The molecule has 1 spiro atoms. The van der Waals surface area contributed by atoms with Gasteiger partial charge in [0.15, 0.2) is 4.87 Å². The summed E-state index contributed by atoms with van der Waals surface area (Å²) in [6.45, 7) is 2.89. The molecule has 0 bridgehead atoms. The molecule has 1 saturated heterocycles. The van der Waals surface area contributed by atoms with Crippen LogP contribution in [-0.4, -0.2) is 36.2 Å². The Balaban J connectivity index is 1.52. The fourth-order valence-electron chi connectivity index (χ4n) is 4.63. The summed E-state index contributed by atoms with van der Waals surface area (Å²) in [5.41, 5.74) is 4.29. The third-order valence-corrected chi connectivity index (χ3v) is 7.80. The molecule has 2 aliphatic rings. The molecule has 8 heteroatoms. The first kappa shape index (κ1) is 22.6. The second-order valence-corrected chi connectivity index (χ2v) is 10.1. The minimum absolute atomic E-state index is 0.130. The van der Waals surface area contributed by atoms with Crippen molar-refractivity contribution in [2.75, 3.05) is 29.6 Å². The molecule has 1 N–H and O–H groups in total. The molecule has 0 saturated carbocycles. The molecule has 2 heterocycles. The predicted octanol–water partition coefficient (Wildman–Crippen LogP) is 5.64. The van der Waals surface area contributed by atoms with Crippen LogP contribution in [0, 0.1) is 6.92 Å². The number of thioether (sulfide) groups is 1. The highest BCUT2D eigenvalue weighted by Crippen LogP contribution is 2.55. The topological polar surface area (TPSA) is 61.9 Å². The Hall–Kier alpha value is -3.16. The first-order valence-electron chi connectivity index (χ1n) is 11.0. The van der Waals surface area contributed by atoms with Gasteiger partial charge in [-0.1, -0.05) is 47.5 Å². The summed E-state index contributed by atoms with van der Waals surface area (Å²) in [5.74, 6) is 1.15. The summed E-state index contributed by atoms with van der Waals surface area (Å²) < 4.78 is 5.27. The van der Waals surface area contributed by atoms with E-state index in [0.717, 1.165) is 22.4 Å². The van der Waals surface area contributed by atoms with Crippen molar-refractivity contribution < 1.29 is 14.3 Å². The lowest BCUT2D eigenvalue weighted by Gasteiger charge is -2.33. The van der Waals surface area contributed by atoms with Crippen LogP contribution in [0.3, 0.4) is 0 Å². The SMILES string of the molecule is COc1cccc(NC(=O)N2CCS[C@]23C(=O)N(Cc2cccc(C)c2)c2ccc(Cl)cc23)c1. The zero-order valence-electron chi connectivity index (χ0n) is 18.9. The van der Waals surface area contributed by atoms with Crippen LogP contribution >= 0.6 is 23.4 Å². The Labute approximate surface area is 207 Å². The number of ether oxygens (including phenoxy) is 1. The molecule has 0 radical (unpaired) electrons. The molecular weight excluding hydrogens is 470 g/mol. The van der Waals surface area contributed by atoms with E-state index in [9.17, 15) is 9.59 Å².